The van der Waals surface area contributed by atoms with Gasteiger partial charge in [0.15, 0.2) is 17.6 Å². The Hall–Kier alpha value is -3.62. The summed E-state index contributed by atoms with van der Waals surface area (Å²) in [4.78, 5) is 35.0. The van der Waals surface area contributed by atoms with Crippen LogP contribution < -0.4 is 14.8 Å². The van der Waals surface area contributed by atoms with Crippen LogP contribution in [0.4, 0.5) is 11.4 Å². The summed E-state index contributed by atoms with van der Waals surface area (Å²) in [7, 11) is 0. The van der Waals surface area contributed by atoms with Gasteiger partial charge in [-0.3, -0.25) is 14.9 Å². The number of fused-ring (bicyclic) bond motifs is 1. The predicted octanol–water partition coefficient (Wildman–Crippen LogP) is 2.82. The summed E-state index contributed by atoms with van der Waals surface area (Å²) >= 11 is 0. The summed E-state index contributed by atoms with van der Waals surface area (Å²) in [5, 5.41) is 13.6. The van der Waals surface area contributed by atoms with Crippen LogP contribution in [0.5, 0.6) is 11.5 Å². The van der Waals surface area contributed by atoms with Crippen LogP contribution in [0, 0.1) is 17.0 Å². The molecule has 0 aliphatic carbocycles. The van der Waals surface area contributed by atoms with Crippen LogP contribution in [0.25, 0.3) is 0 Å². The number of carbonyl (C=O) groups excluding carboxylic acids is 2. The molecule has 0 bridgehead atoms. The summed E-state index contributed by atoms with van der Waals surface area (Å²) < 4.78 is 15.6. The number of nitro groups is 1. The minimum Gasteiger partial charge on any atom is -0.454 e. The molecule has 2 aromatic rings. The average molecular weight is 372 g/mol. The lowest BCUT2D eigenvalue weighted by atomic mass is 10.1. The van der Waals surface area contributed by atoms with Crippen LogP contribution in [0.15, 0.2) is 36.4 Å². The third-order valence-electron chi connectivity index (χ3n) is 4.01. The summed E-state index contributed by atoms with van der Waals surface area (Å²) in [6.45, 7) is 2.97. The molecule has 9 heteroatoms. The number of ether oxygens (including phenoxy) is 3. The lowest BCUT2D eigenvalue weighted by Crippen LogP contribution is -2.30. The Morgan fingerprint density at radius 3 is 2.70 bits per heavy atom. The zero-order valence-electron chi connectivity index (χ0n) is 14.6. The molecule has 2 aromatic carbocycles. The highest BCUT2D eigenvalue weighted by Gasteiger charge is 2.24. The first-order valence-electron chi connectivity index (χ1n) is 8.02. The van der Waals surface area contributed by atoms with Crippen LogP contribution >= 0.6 is 0 Å². The molecular formula is C18H16N2O7. The minimum absolute atomic E-state index is 0.0342. The van der Waals surface area contributed by atoms with Crippen LogP contribution in [0.2, 0.25) is 0 Å². The standard InChI is InChI=1S/C18H16N2O7/c1-10-13(4-3-5-14(10)20(23)24)18(22)27-11(2)17(21)19-12-6-7-15-16(8-12)26-9-25-15/h3-8,11H,9H2,1-2H3,(H,19,21)/t11-/m1/s1. The van der Waals surface area contributed by atoms with E-state index in [9.17, 15) is 19.7 Å². The Kier molecular flexibility index (Phi) is 4.93. The van der Waals surface area contributed by atoms with E-state index in [1.54, 1.807) is 18.2 Å². The minimum atomic E-state index is -1.11. The van der Waals surface area contributed by atoms with E-state index >= 15 is 0 Å². The van der Waals surface area contributed by atoms with Gasteiger partial charge in [0.2, 0.25) is 6.79 Å². The van der Waals surface area contributed by atoms with Gasteiger partial charge in [0, 0.05) is 23.4 Å². The van der Waals surface area contributed by atoms with Gasteiger partial charge in [0.25, 0.3) is 11.6 Å². The van der Waals surface area contributed by atoms with E-state index in [0.29, 0.717) is 17.2 Å². The number of anilines is 1. The van der Waals surface area contributed by atoms with Crippen LogP contribution in [-0.4, -0.2) is 29.7 Å². The predicted molar refractivity (Wildman–Crippen MR) is 93.9 cm³/mol. The molecule has 0 fully saturated rings. The first kappa shape index (κ1) is 18.2. The molecule has 0 saturated carbocycles. The highest BCUT2D eigenvalue weighted by molar-refractivity contribution is 5.98. The number of esters is 1. The van der Waals surface area contributed by atoms with Gasteiger partial charge >= 0.3 is 5.97 Å². The average Bonchev–Trinajstić information content (AvgIpc) is 3.09. The van der Waals surface area contributed by atoms with Crippen molar-refractivity contribution in [2.45, 2.75) is 20.0 Å². The molecule has 1 aliphatic heterocycles. The molecule has 140 valence electrons. The molecule has 0 spiro atoms. The number of benzene rings is 2. The van der Waals surface area contributed by atoms with Crippen molar-refractivity contribution in [3.8, 4) is 11.5 Å². The molecule has 0 radical (unpaired) electrons. The van der Waals surface area contributed by atoms with Crippen molar-refractivity contribution in [3.05, 3.63) is 57.6 Å². The largest absolute Gasteiger partial charge is 0.454 e. The molecule has 1 atom stereocenters. The second-order valence-corrected chi connectivity index (χ2v) is 5.81. The third-order valence-corrected chi connectivity index (χ3v) is 4.01. The van der Waals surface area contributed by atoms with Gasteiger partial charge in [-0.1, -0.05) is 6.07 Å². The molecule has 1 amide bonds. The topological polar surface area (TPSA) is 117 Å². The Morgan fingerprint density at radius 1 is 1.22 bits per heavy atom. The Bertz CT molecular complexity index is 926. The highest BCUT2D eigenvalue weighted by atomic mass is 16.7. The Morgan fingerprint density at radius 2 is 1.96 bits per heavy atom. The van der Waals surface area contributed by atoms with Gasteiger partial charge in [-0.2, -0.15) is 0 Å². The van der Waals surface area contributed by atoms with Crippen molar-refractivity contribution in [3.63, 3.8) is 0 Å². The van der Waals surface area contributed by atoms with E-state index < -0.39 is 22.9 Å². The fourth-order valence-corrected chi connectivity index (χ4v) is 2.54. The lowest BCUT2D eigenvalue weighted by molar-refractivity contribution is -0.385. The number of hydrogen-bond donors (Lipinski definition) is 1. The highest BCUT2D eigenvalue weighted by Crippen LogP contribution is 2.34. The lowest BCUT2D eigenvalue weighted by Gasteiger charge is -2.14. The molecule has 0 aromatic heterocycles. The zero-order chi connectivity index (χ0) is 19.6. The Labute approximate surface area is 154 Å². The number of nitrogens with zero attached hydrogens (tertiary/aromatic N) is 1. The van der Waals surface area contributed by atoms with Gasteiger partial charge in [-0.05, 0) is 32.0 Å². The molecule has 1 N–H and O–H groups in total. The zero-order valence-corrected chi connectivity index (χ0v) is 14.6. The molecule has 27 heavy (non-hydrogen) atoms. The number of rotatable bonds is 5. The van der Waals surface area contributed by atoms with Crippen LogP contribution in [-0.2, 0) is 9.53 Å². The fourth-order valence-electron chi connectivity index (χ4n) is 2.54. The van der Waals surface area contributed by atoms with Gasteiger partial charge in [-0.15, -0.1) is 0 Å². The third kappa shape index (κ3) is 3.81. The van der Waals surface area contributed by atoms with Crippen molar-refractivity contribution in [2.75, 3.05) is 12.1 Å². The van der Waals surface area contributed by atoms with Gasteiger partial charge in [0.1, 0.15) is 0 Å². The maximum absolute atomic E-state index is 12.3. The molecule has 3 rings (SSSR count). The quantitative estimate of drug-likeness (QED) is 0.487. The second-order valence-electron chi connectivity index (χ2n) is 5.81. The number of nitrogens with one attached hydrogen (secondary N) is 1. The maximum Gasteiger partial charge on any atom is 0.339 e. The van der Waals surface area contributed by atoms with Gasteiger partial charge < -0.3 is 19.5 Å². The van der Waals surface area contributed by atoms with Crippen molar-refractivity contribution >= 4 is 23.3 Å². The molecule has 0 unspecified atom stereocenters. The summed E-state index contributed by atoms with van der Waals surface area (Å²) in [5.41, 5.74) is 0.475. The van der Waals surface area contributed by atoms with Crippen molar-refractivity contribution < 1.29 is 28.7 Å². The second kappa shape index (κ2) is 7.32. The first-order valence-corrected chi connectivity index (χ1v) is 8.02. The summed E-state index contributed by atoms with van der Waals surface area (Å²) in [6, 6.07) is 8.97. The molecule has 0 saturated heterocycles. The van der Waals surface area contributed by atoms with Crippen molar-refractivity contribution in [1.29, 1.82) is 0 Å². The normalized spacial score (nSPS) is 13.0. The van der Waals surface area contributed by atoms with Crippen LogP contribution in [0.1, 0.15) is 22.8 Å². The van der Waals surface area contributed by atoms with Gasteiger partial charge in [0.05, 0.1) is 10.5 Å². The summed E-state index contributed by atoms with van der Waals surface area (Å²) in [5.74, 6) is -0.284. The van der Waals surface area contributed by atoms with E-state index in [1.807, 2.05) is 0 Å². The number of carbonyl (C=O) groups is 2. The van der Waals surface area contributed by atoms with E-state index in [1.165, 1.54) is 32.0 Å². The summed E-state index contributed by atoms with van der Waals surface area (Å²) in [6.07, 6.45) is -1.11. The van der Waals surface area contributed by atoms with Gasteiger partial charge in [-0.25, -0.2) is 4.79 Å². The number of nitro benzene ring substituents is 1. The van der Waals surface area contributed by atoms with E-state index in [2.05, 4.69) is 5.32 Å². The van der Waals surface area contributed by atoms with Crippen molar-refractivity contribution in [2.24, 2.45) is 0 Å². The van der Waals surface area contributed by atoms with Crippen molar-refractivity contribution in [1.82, 2.24) is 0 Å². The monoisotopic (exact) mass is 372 g/mol. The fraction of sp³-hybridized carbons (Fsp3) is 0.222. The van der Waals surface area contributed by atoms with E-state index in [0.717, 1.165) is 0 Å². The van der Waals surface area contributed by atoms with E-state index in [4.69, 9.17) is 14.2 Å². The van der Waals surface area contributed by atoms with Crippen LogP contribution in [0.3, 0.4) is 0 Å². The molecule has 1 aliphatic rings. The maximum atomic E-state index is 12.3. The molecule has 9 nitrogen and oxygen atoms in total. The number of amides is 1. The smallest absolute Gasteiger partial charge is 0.339 e. The first-order chi connectivity index (χ1) is 12.9. The molecule has 1 heterocycles. The molecular weight excluding hydrogens is 356 g/mol. The van der Waals surface area contributed by atoms with E-state index in [-0.39, 0.29) is 23.6 Å². The SMILES string of the molecule is Cc1c(C(=O)O[C@H](C)C(=O)Nc2ccc3c(c2)OCO3)cccc1[N+](=O)[O-]. The Balaban J connectivity index is 1.67. The number of hydrogen-bond acceptors (Lipinski definition) is 7.